The molecule has 10 heteroatoms. The predicted molar refractivity (Wildman–Crippen MR) is 143 cm³/mol. The van der Waals surface area contributed by atoms with Gasteiger partial charge in [-0.1, -0.05) is 20.8 Å². The highest BCUT2D eigenvalue weighted by atomic mass is 16.6. The van der Waals surface area contributed by atoms with E-state index in [1.807, 2.05) is 6.07 Å². The van der Waals surface area contributed by atoms with Crippen molar-refractivity contribution < 1.29 is 14.5 Å². The van der Waals surface area contributed by atoms with Crippen molar-refractivity contribution in [3.8, 4) is 0 Å². The lowest BCUT2D eigenvalue weighted by Crippen LogP contribution is -2.37. The number of non-ortho nitro benzene ring substituents is 1. The molecule has 0 aromatic heterocycles. The molecule has 0 saturated carbocycles. The number of rotatable bonds is 10. The second kappa shape index (κ2) is 12.9. The van der Waals surface area contributed by atoms with E-state index in [4.69, 9.17) is 0 Å². The Hall–Kier alpha value is -3.66. The smallest absolute Gasteiger partial charge is 0.323 e. The van der Waals surface area contributed by atoms with Crippen molar-refractivity contribution in [3.63, 3.8) is 0 Å². The van der Waals surface area contributed by atoms with Crippen LogP contribution >= 0.6 is 0 Å². The molecular formula is C26H36N6O4. The molecule has 1 fully saturated rings. The number of nitro groups is 1. The predicted octanol–water partition coefficient (Wildman–Crippen LogP) is 4.55. The number of benzene rings is 2. The van der Waals surface area contributed by atoms with Crippen molar-refractivity contribution in [3.05, 3.63) is 58.1 Å². The Kier molecular flexibility index (Phi) is 9.63. The van der Waals surface area contributed by atoms with Crippen LogP contribution in [0.15, 0.2) is 42.5 Å². The summed E-state index contributed by atoms with van der Waals surface area (Å²) < 4.78 is 0. The number of likely N-dealkylation sites (N-methyl/N-ethyl adjacent to an activating group) is 1. The first-order valence-electron chi connectivity index (χ1n) is 12.5. The third kappa shape index (κ3) is 7.42. The molecule has 3 amide bonds. The number of carbonyl (C=O) groups is 2. The third-order valence-electron chi connectivity index (χ3n) is 6.57. The van der Waals surface area contributed by atoms with Crippen molar-refractivity contribution in [2.75, 3.05) is 54.8 Å². The van der Waals surface area contributed by atoms with Gasteiger partial charge in [-0.25, -0.2) is 4.79 Å². The van der Waals surface area contributed by atoms with Crippen molar-refractivity contribution in [2.45, 2.75) is 33.6 Å². The Balaban J connectivity index is 1.73. The van der Waals surface area contributed by atoms with Gasteiger partial charge in [-0.15, -0.1) is 0 Å². The highest BCUT2D eigenvalue weighted by Crippen LogP contribution is 2.29. The van der Waals surface area contributed by atoms with E-state index in [1.165, 1.54) is 24.3 Å². The van der Waals surface area contributed by atoms with Crippen LogP contribution in [-0.2, 0) is 0 Å². The average Bonchev–Trinajstić information content (AvgIpc) is 2.87. The van der Waals surface area contributed by atoms with Gasteiger partial charge in [0.15, 0.2) is 0 Å². The minimum absolute atomic E-state index is 0.0553. The van der Waals surface area contributed by atoms with Gasteiger partial charge >= 0.3 is 6.03 Å². The summed E-state index contributed by atoms with van der Waals surface area (Å²) in [6.45, 7) is 11.4. The van der Waals surface area contributed by atoms with E-state index >= 15 is 0 Å². The van der Waals surface area contributed by atoms with Gasteiger partial charge < -0.3 is 25.8 Å². The molecule has 0 bridgehead atoms. The molecule has 1 aliphatic heterocycles. The molecule has 10 nitrogen and oxygen atoms in total. The first-order chi connectivity index (χ1) is 17.3. The zero-order chi connectivity index (χ0) is 26.1. The lowest BCUT2D eigenvalue weighted by atomic mass is 9.98. The normalized spacial score (nSPS) is 13.9. The fourth-order valence-electron chi connectivity index (χ4n) is 4.24. The average molecular weight is 497 g/mol. The molecule has 2 aromatic carbocycles. The number of anilines is 3. The number of hydrogen-bond donors (Lipinski definition) is 3. The van der Waals surface area contributed by atoms with Crippen molar-refractivity contribution in [1.82, 2.24) is 10.2 Å². The Labute approximate surface area is 212 Å². The topological polar surface area (TPSA) is 120 Å². The van der Waals surface area contributed by atoms with Crippen molar-refractivity contribution in [2.24, 2.45) is 5.92 Å². The Morgan fingerprint density at radius 3 is 2.25 bits per heavy atom. The molecule has 1 heterocycles. The van der Waals surface area contributed by atoms with E-state index in [2.05, 4.69) is 46.5 Å². The molecule has 0 spiro atoms. The minimum atomic E-state index is -0.503. The molecular weight excluding hydrogens is 460 g/mol. The standard InChI is InChI=1S/C26H36N6O4/c1-4-30(5-2)17-14-27-25(33)23-18-21(8-11-24(23)31-15-12-19(3)13-16-31)29-26(34)28-20-6-9-22(10-7-20)32(35)36/h6-11,18-19H,4-5,12-17H2,1-3H3,(H,27,33)(H2,28,29,34). The minimum Gasteiger partial charge on any atom is -0.371 e. The molecule has 0 atom stereocenters. The van der Waals surface area contributed by atoms with E-state index in [0.717, 1.165) is 51.3 Å². The zero-order valence-corrected chi connectivity index (χ0v) is 21.3. The van der Waals surface area contributed by atoms with Crippen LogP contribution in [0.3, 0.4) is 0 Å². The number of amides is 3. The van der Waals surface area contributed by atoms with Crippen LogP contribution in [0.25, 0.3) is 0 Å². The monoisotopic (exact) mass is 496 g/mol. The highest BCUT2D eigenvalue weighted by Gasteiger charge is 2.22. The van der Waals surface area contributed by atoms with Gasteiger partial charge in [-0.2, -0.15) is 0 Å². The summed E-state index contributed by atoms with van der Waals surface area (Å²) in [4.78, 5) is 40.6. The molecule has 3 N–H and O–H groups in total. The zero-order valence-electron chi connectivity index (χ0n) is 21.3. The lowest BCUT2D eigenvalue weighted by molar-refractivity contribution is -0.384. The molecule has 194 valence electrons. The SMILES string of the molecule is CCN(CC)CCNC(=O)c1cc(NC(=O)Nc2ccc([N+](=O)[O-])cc2)ccc1N1CCC(C)CC1. The van der Waals surface area contributed by atoms with E-state index in [0.29, 0.717) is 29.4 Å². The van der Waals surface area contributed by atoms with E-state index in [1.54, 1.807) is 12.1 Å². The van der Waals surface area contributed by atoms with Crippen molar-refractivity contribution in [1.29, 1.82) is 0 Å². The fourth-order valence-corrected chi connectivity index (χ4v) is 4.24. The van der Waals surface area contributed by atoms with E-state index in [-0.39, 0.29) is 11.6 Å². The first kappa shape index (κ1) is 26.9. The van der Waals surface area contributed by atoms with Crippen LogP contribution < -0.4 is 20.9 Å². The molecule has 2 aromatic rings. The number of carbonyl (C=O) groups excluding carboxylic acids is 2. The summed E-state index contributed by atoms with van der Waals surface area (Å²) in [5.41, 5.74) is 2.24. The third-order valence-corrected chi connectivity index (χ3v) is 6.57. The maximum atomic E-state index is 13.2. The lowest BCUT2D eigenvalue weighted by Gasteiger charge is -2.33. The summed E-state index contributed by atoms with van der Waals surface area (Å²) in [6.07, 6.45) is 2.14. The van der Waals surface area contributed by atoms with Gasteiger partial charge in [0.1, 0.15) is 0 Å². The summed E-state index contributed by atoms with van der Waals surface area (Å²) >= 11 is 0. The summed E-state index contributed by atoms with van der Waals surface area (Å²) in [7, 11) is 0. The molecule has 1 aliphatic rings. The summed E-state index contributed by atoms with van der Waals surface area (Å²) in [6, 6.07) is 10.5. The van der Waals surface area contributed by atoms with Crippen LogP contribution in [0, 0.1) is 16.0 Å². The fraction of sp³-hybridized carbons (Fsp3) is 0.462. The molecule has 0 aliphatic carbocycles. The molecule has 0 radical (unpaired) electrons. The van der Waals surface area contributed by atoms with Gasteiger partial charge in [-0.05, 0) is 62.2 Å². The van der Waals surface area contributed by atoms with Crippen LogP contribution in [0.5, 0.6) is 0 Å². The number of nitrogens with one attached hydrogen (secondary N) is 3. The largest absolute Gasteiger partial charge is 0.371 e. The molecule has 3 rings (SSSR count). The van der Waals surface area contributed by atoms with Crippen LogP contribution in [0.4, 0.5) is 27.5 Å². The van der Waals surface area contributed by atoms with Crippen LogP contribution in [0.2, 0.25) is 0 Å². The van der Waals surface area contributed by atoms with E-state index < -0.39 is 11.0 Å². The maximum Gasteiger partial charge on any atom is 0.323 e. The highest BCUT2D eigenvalue weighted by molar-refractivity contribution is 6.04. The number of hydrogen-bond acceptors (Lipinski definition) is 6. The number of piperidine rings is 1. The first-order valence-corrected chi connectivity index (χ1v) is 12.5. The molecule has 36 heavy (non-hydrogen) atoms. The molecule has 1 saturated heterocycles. The second-order valence-electron chi connectivity index (χ2n) is 9.07. The van der Waals surface area contributed by atoms with Gasteiger partial charge in [0.2, 0.25) is 0 Å². The van der Waals surface area contributed by atoms with E-state index in [9.17, 15) is 19.7 Å². The van der Waals surface area contributed by atoms with Crippen molar-refractivity contribution >= 4 is 34.7 Å². The van der Waals surface area contributed by atoms with Gasteiger partial charge in [0.05, 0.1) is 10.5 Å². The number of nitro benzene ring substituents is 1. The number of nitrogens with zero attached hydrogens (tertiary/aromatic N) is 3. The quantitative estimate of drug-likeness (QED) is 0.328. The Bertz CT molecular complexity index is 1050. The Morgan fingerprint density at radius 1 is 1.03 bits per heavy atom. The van der Waals surface area contributed by atoms with Crippen LogP contribution in [0.1, 0.15) is 44.0 Å². The van der Waals surface area contributed by atoms with Crippen LogP contribution in [-0.4, -0.2) is 61.0 Å². The molecule has 0 unspecified atom stereocenters. The van der Waals surface area contributed by atoms with Gasteiger partial charge in [0, 0.05) is 55.4 Å². The van der Waals surface area contributed by atoms with Gasteiger partial charge in [0.25, 0.3) is 11.6 Å². The Morgan fingerprint density at radius 2 is 1.64 bits per heavy atom. The number of urea groups is 1. The summed E-state index contributed by atoms with van der Waals surface area (Å²) in [5, 5.41) is 19.3. The van der Waals surface area contributed by atoms with Gasteiger partial charge in [-0.3, -0.25) is 14.9 Å². The maximum absolute atomic E-state index is 13.2. The summed E-state index contributed by atoms with van der Waals surface area (Å²) in [5.74, 6) is 0.492. The second-order valence-corrected chi connectivity index (χ2v) is 9.07.